The van der Waals surface area contributed by atoms with Crippen molar-refractivity contribution in [2.45, 2.75) is 51.3 Å². The summed E-state index contributed by atoms with van der Waals surface area (Å²) in [6.45, 7) is 7.57. The maximum atomic E-state index is 11.9. The maximum absolute atomic E-state index is 11.9. The van der Waals surface area contributed by atoms with Crippen LogP contribution in [0.1, 0.15) is 45.1 Å². The molecule has 0 atom stereocenters. The zero-order valence-electron chi connectivity index (χ0n) is 15.8. The average molecular weight is 452 g/mol. The zero-order chi connectivity index (χ0) is 20.4. The fraction of sp³-hybridized carbons (Fsp3) is 0.474. The number of unbranched alkanes of at least 4 members (excludes halogenated alkanes) is 2. The molecule has 0 aliphatic rings. The minimum Gasteiger partial charge on any atom is -0.360 e. The Morgan fingerprint density at radius 2 is 1.59 bits per heavy atom. The molecule has 0 aliphatic carbocycles. The Labute approximate surface area is 180 Å². The molecule has 0 radical (unpaired) electrons. The van der Waals surface area contributed by atoms with Crippen molar-refractivity contribution >= 4 is 46.6 Å². The fourth-order valence-electron chi connectivity index (χ4n) is 2.34. The molecule has 0 saturated heterocycles. The summed E-state index contributed by atoms with van der Waals surface area (Å²) in [5, 5.41) is 12.1. The summed E-state index contributed by atoms with van der Waals surface area (Å²) in [5.74, 6) is 0. The van der Waals surface area contributed by atoms with Gasteiger partial charge in [-0.1, -0.05) is 91.0 Å². The Hall–Kier alpha value is -0.880. The largest absolute Gasteiger partial charge is 0.360 e. The van der Waals surface area contributed by atoms with Crippen molar-refractivity contribution < 1.29 is 4.92 Å². The van der Waals surface area contributed by atoms with E-state index in [9.17, 15) is 10.1 Å². The summed E-state index contributed by atoms with van der Waals surface area (Å²) in [6.07, 6.45) is 3.81. The SMILES string of the molecule is CCCCN(CCCC)C(Sc1ccc(C)cc1)=C(C(Cl)=C(Cl)Cl)[N+](=O)[O-]. The highest BCUT2D eigenvalue weighted by atomic mass is 35.5. The second kappa shape index (κ2) is 12.6. The zero-order valence-corrected chi connectivity index (χ0v) is 18.9. The van der Waals surface area contributed by atoms with Crippen molar-refractivity contribution in [3.63, 3.8) is 0 Å². The van der Waals surface area contributed by atoms with Crippen LogP contribution < -0.4 is 0 Å². The summed E-state index contributed by atoms with van der Waals surface area (Å²) >= 11 is 19.1. The van der Waals surface area contributed by atoms with Crippen LogP contribution in [0.3, 0.4) is 0 Å². The van der Waals surface area contributed by atoms with Gasteiger partial charge in [0.25, 0.3) is 0 Å². The number of halogens is 3. The molecule has 0 saturated carbocycles. The van der Waals surface area contributed by atoms with Gasteiger partial charge in [-0.3, -0.25) is 10.1 Å². The Morgan fingerprint density at radius 1 is 1.07 bits per heavy atom. The van der Waals surface area contributed by atoms with Crippen LogP contribution in [-0.2, 0) is 0 Å². The first-order valence-corrected chi connectivity index (χ1v) is 10.9. The summed E-state index contributed by atoms with van der Waals surface area (Å²) in [7, 11) is 0. The third-order valence-electron chi connectivity index (χ3n) is 3.84. The Bertz CT molecular complexity index is 679. The van der Waals surface area contributed by atoms with Crippen LogP contribution in [0.15, 0.2) is 49.4 Å². The van der Waals surface area contributed by atoms with E-state index in [4.69, 9.17) is 34.8 Å². The number of benzene rings is 1. The van der Waals surface area contributed by atoms with Crippen LogP contribution in [-0.4, -0.2) is 22.9 Å². The minimum absolute atomic E-state index is 0.240. The van der Waals surface area contributed by atoms with E-state index < -0.39 is 4.92 Å². The molecule has 0 spiro atoms. The molecule has 1 rings (SSSR count). The van der Waals surface area contributed by atoms with Crippen LogP contribution in [0.5, 0.6) is 0 Å². The van der Waals surface area contributed by atoms with E-state index in [-0.39, 0.29) is 15.2 Å². The first kappa shape index (κ1) is 24.2. The summed E-state index contributed by atoms with van der Waals surface area (Å²) in [5.41, 5.74) is 0.865. The molecular formula is C19H25Cl3N2O2S. The van der Waals surface area contributed by atoms with Crippen molar-refractivity contribution in [2.75, 3.05) is 13.1 Å². The van der Waals surface area contributed by atoms with Crippen LogP contribution in [0.4, 0.5) is 0 Å². The smallest absolute Gasteiger partial charge is 0.320 e. The van der Waals surface area contributed by atoms with E-state index in [1.165, 1.54) is 11.8 Å². The number of nitro groups is 1. The minimum atomic E-state index is -0.505. The number of rotatable bonds is 11. The van der Waals surface area contributed by atoms with Crippen LogP contribution >= 0.6 is 46.6 Å². The molecule has 0 amide bonds. The molecule has 0 fully saturated rings. The van der Waals surface area contributed by atoms with Gasteiger partial charge in [0.15, 0.2) is 10.1 Å². The van der Waals surface area contributed by atoms with Crippen molar-refractivity contribution in [3.05, 3.63) is 60.2 Å². The Morgan fingerprint density at radius 3 is 2.00 bits per heavy atom. The number of thioether (sulfide) groups is 1. The van der Waals surface area contributed by atoms with E-state index in [2.05, 4.69) is 13.8 Å². The van der Waals surface area contributed by atoms with Gasteiger partial charge in [0.1, 0.15) is 4.49 Å². The summed E-state index contributed by atoms with van der Waals surface area (Å²) < 4.78 is -0.309. The fourth-order valence-corrected chi connectivity index (χ4v) is 3.81. The van der Waals surface area contributed by atoms with Gasteiger partial charge in [0, 0.05) is 18.0 Å². The Balaban J connectivity index is 3.50. The summed E-state index contributed by atoms with van der Waals surface area (Å²) in [4.78, 5) is 14.3. The van der Waals surface area contributed by atoms with Crippen molar-refractivity contribution in [2.24, 2.45) is 0 Å². The molecule has 27 heavy (non-hydrogen) atoms. The van der Waals surface area contributed by atoms with Gasteiger partial charge >= 0.3 is 5.70 Å². The van der Waals surface area contributed by atoms with Crippen LogP contribution in [0.2, 0.25) is 0 Å². The van der Waals surface area contributed by atoms with Gasteiger partial charge < -0.3 is 4.90 Å². The number of aryl methyl sites for hydroxylation is 1. The lowest BCUT2D eigenvalue weighted by atomic mass is 10.2. The number of hydrogen-bond acceptors (Lipinski definition) is 4. The molecule has 0 aromatic heterocycles. The molecular weight excluding hydrogens is 427 g/mol. The van der Waals surface area contributed by atoms with Gasteiger partial charge in [-0.15, -0.1) is 0 Å². The second-order valence-electron chi connectivity index (χ2n) is 6.09. The Kier molecular flexibility index (Phi) is 11.2. The molecule has 0 heterocycles. The number of allylic oxidation sites excluding steroid dienone is 1. The average Bonchev–Trinajstić information content (AvgIpc) is 2.62. The monoisotopic (exact) mass is 450 g/mol. The maximum Gasteiger partial charge on any atom is 0.320 e. The molecule has 0 aliphatic heterocycles. The molecule has 0 unspecified atom stereocenters. The van der Waals surface area contributed by atoms with Crippen LogP contribution in [0, 0.1) is 17.0 Å². The number of hydrogen-bond donors (Lipinski definition) is 0. The second-order valence-corrected chi connectivity index (χ2v) is 8.48. The van der Waals surface area contributed by atoms with E-state index >= 15 is 0 Å². The third-order valence-corrected chi connectivity index (χ3v) is 5.94. The predicted molar refractivity (Wildman–Crippen MR) is 117 cm³/mol. The lowest BCUT2D eigenvalue weighted by molar-refractivity contribution is -0.421. The van der Waals surface area contributed by atoms with Crippen LogP contribution in [0.25, 0.3) is 0 Å². The molecule has 4 nitrogen and oxygen atoms in total. The van der Waals surface area contributed by atoms with Gasteiger partial charge in [-0.05, 0) is 31.9 Å². The standard InChI is InChI=1S/C19H25Cl3N2O2S/c1-4-6-12-23(13-7-5-2)19(17(24(25)26)16(20)18(21)22)27-15-10-8-14(3)9-11-15/h8-11H,4-7,12-13H2,1-3H3. The first-order chi connectivity index (χ1) is 12.8. The molecule has 8 heteroatoms. The summed E-state index contributed by atoms with van der Waals surface area (Å²) in [6, 6.07) is 7.82. The quantitative estimate of drug-likeness (QED) is 0.153. The first-order valence-electron chi connectivity index (χ1n) is 8.91. The predicted octanol–water partition coefficient (Wildman–Crippen LogP) is 7.32. The molecule has 150 valence electrons. The van der Waals surface area contributed by atoms with Gasteiger partial charge in [0.05, 0.1) is 4.92 Å². The van der Waals surface area contributed by atoms with Crippen molar-refractivity contribution in [1.29, 1.82) is 0 Å². The van der Waals surface area contributed by atoms with E-state index in [0.717, 1.165) is 36.1 Å². The molecule has 1 aromatic carbocycles. The van der Waals surface area contributed by atoms with Crippen molar-refractivity contribution in [1.82, 2.24) is 4.90 Å². The highest BCUT2D eigenvalue weighted by Crippen LogP contribution is 2.38. The molecule has 0 N–H and O–H groups in total. The lowest BCUT2D eigenvalue weighted by Crippen LogP contribution is -2.27. The highest BCUT2D eigenvalue weighted by molar-refractivity contribution is 8.03. The van der Waals surface area contributed by atoms with Gasteiger partial charge in [0.2, 0.25) is 0 Å². The van der Waals surface area contributed by atoms with Crippen molar-refractivity contribution in [3.8, 4) is 0 Å². The highest BCUT2D eigenvalue weighted by Gasteiger charge is 2.29. The molecule has 0 bridgehead atoms. The van der Waals surface area contributed by atoms with E-state index in [1.54, 1.807) is 0 Å². The third kappa shape index (κ3) is 7.94. The van der Waals surface area contributed by atoms with E-state index in [1.807, 2.05) is 36.1 Å². The van der Waals surface area contributed by atoms with E-state index in [0.29, 0.717) is 18.1 Å². The van der Waals surface area contributed by atoms with Gasteiger partial charge in [-0.25, -0.2) is 0 Å². The number of nitrogens with zero attached hydrogens (tertiary/aromatic N) is 2. The molecule has 1 aromatic rings. The van der Waals surface area contributed by atoms with Gasteiger partial charge in [-0.2, -0.15) is 0 Å². The normalized spacial score (nSPS) is 11.8. The topological polar surface area (TPSA) is 46.4 Å². The lowest BCUT2D eigenvalue weighted by Gasteiger charge is -2.26.